The lowest BCUT2D eigenvalue weighted by Crippen LogP contribution is -2.19. The highest BCUT2D eigenvalue weighted by molar-refractivity contribution is 5.38. The summed E-state index contributed by atoms with van der Waals surface area (Å²) in [5.41, 5.74) is 2.77. The van der Waals surface area contributed by atoms with Crippen LogP contribution in [0.25, 0.3) is 5.65 Å². The number of rotatable bonds is 4. The van der Waals surface area contributed by atoms with E-state index >= 15 is 0 Å². The van der Waals surface area contributed by atoms with Crippen molar-refractivity contribution < 1.29 is 5.11 Å². The fraction of sp³-hybridized carbons (Fsp3) is 0.250. The maximum absolute atomic E-state index is 10.0. The summed E-state index contributed by atoms with van der Waals surface area (Å²) in [4.78, 5) is 0. The summed E-state index contributed by atoms with van der Waals surface area (Å²) in [6, 6.07) is 11.6. The predicted molar refractivity (Wildman–Crippen MR) is 81.1 cm³/mol. The van der Waals surface area contributed by atoms with Gasteiger partial charge in [0.1, 0.15) is 5.75 Å². The van der Waals surface area contributed by atoms with Gasteiger partial charge >= 0.3 is 0 Å². The van der Waals surface area contributed by atoms with Crippen molar-refractivity contribution in [3.8, 4) is 5.75 Å². The Morgan fingerprint density at radius 3 is 2.90 bits per heavy atom. The third kappa shape index (κ3) is 2.73. The zero-order valence-corrected chi connectivity index (χ0v) is 12.1. The number of pyridine rings is 1. The van der Waals surface area contributed by atoms with Crippen molar-refractivity contribution in [3.05, 3.63) is 59.5 Å². The number of nitrogens with zero attached hydrogens (tertiary/aromatic N) is 3. The Bertz CT molecular complexity index is 766. The molecule has 0 aliphatic carbocycles. The molecule has 2 N–H and O–H groups in total. The molecule has 0 aliphatic heterocycles. The number of fused-ring (bicyclic) bond motifs is 1. The number of hydrogen-bond acceptors (Lipinski definition) is 4. The first-order valence-corrected chi connectivity index (χ1v) is 6.96. The van der Waals surface area contributed by atoms with Gasteiger partial charge in [-0.2, -0.15) is 0 Å². The van der Waals surface area contributed by atoms with Gasteiger partial charge in [-0.15, -0.1) is 10.2 Å². The molecule has 0 saturated heterocycles. The summed E-state index contributed by atoms with van der Waals surface area (Å²) in [5.74, 6) is 1.17. The Labute approximate surface area is 123 Å². The lowest BCUT2D eigenvalue weighted by molar-refractivity contribution is 0.450. The van der Waals surface area contributed by atoms with E-state index in [-0.39, 0.29) is 6.04 Å². The van der Waals surface area contributed by atoms with E-state index in [0.29, 0.717) is 12.3 Å². The highest BCUT2D eigenvalue weighted by Gasteiger charge is 2.11. The van der Waals surface area contributed by atoms with Crippen LogP contribution in [0.4, 0.5) is 0 Å². The summed E-state index contributed by atoms with van der Waals surface area (Å²) in [6.45, 7) is 4.57. The van der Waals surface area contributed by atoms with E-state index in [1.165, 1.54) is 0 Å². The van der Waals surface area contributed by atoms with Crippen LogP contribution in [0.1, 0.15) is 29.9 Å². The maximum Gasteiger partial charge on any atom is 0.160 e. The van der Waals surface area contributed by atoms with Crippen LogP contribution in [0.5, 0.6) is 5.75 Å². The third-order valence-electron chi connectivity index (χ3n) is 3.60. The van der Waals surface area contributed by atoms with Gasteiger partial charge in [-0.1, -0.05) is 18.2 Å². The maximum atomic E-state index is 10.0. The average molecular weight is 282 g/mol. The van der Waals surface area contributed by atoms with Crippen LogP contribution in [-0.4, -0.2) is 19.7 Å². The lowest BCUT2D eigenvalue weighted by Gasteiger charge is -2.15. The molecule has 0 saturated carbocycles. The first kappa shape index (κ1) is 13.6. The summed E-state index contributed by atoms with van der Waals surface area (Å²) < 4.78 is 1.95. The smallest absolute Gasteiger partial charge is 0.160 e. The first-order chi connectivity index (χ1) is 10.1. The van der Waals surface area contributed by atoms with Crippen molar-refractivity contribution in [1.82, 2.24) is 19.9 Å². The molecule has 1 unspecified atom stereocenters. The molecule has 2 aromatic heterocycles. The van der Waals surface area contributed by atoms with Crippen molar-refractivity contribution in [3.63, 3.8) is 0 Å². The molecule has 108 valence electrons. The molecule has 0 radical (unpaired) electrons. The van der Waals surface area contributed by atoms with Crippen molar-refractivity contribution in [2.45, 2.75) is 26.4 Å². The van der Waals surface area contributed by atoms with E-state index in [0.717, 1.165) is 22.6 Å². The molecule has 5 nitrogen and oxygen atoms in total. The van der Waals surface area contributed by atoms with E-state index in [9.17, 15) is 5.11 Å². The Morgan fingerprint density at radius 1 is 1.24 bits per heavy atom. The number of aromatic hydroxyl groups is 1. The van der Waals surface area contributed by atoms with Crippen LogP contribution in [0.2, 0.25) is 0 Å². The van der Waals surface area contributed by atoms with Crippen LogP contribution in [0, 0.1) is 6.92 Å². The van der Waals surface area contributed by atoms with Crippen LogP contribution in [-0.2, 0) is 6.54 Å². The molecule has 0 amide bonds. The van der Waals surface area contributed by atoms with Gasteiger partial charge in [-0.05, 0) is 37.6 Å². The first-order valence-electron chi connectivity index (χ1n) is 6.96. The largest absolute Gasteiger partial charge is 0.508 e. The molecular formula is C16H18N4O. The second-order valence-corrected chi connectivity index (χ2v) is 5.21. The zero-order valence-electron chi connectivity index (χ0n) is 12.1. The van der Waals surface area contributed by atoms with E-state index < -0.39 is 0 Å². The summed E-state index contributed by atoms with van der Waals surface area (Å²) in [6.07, 6.45) is 1.94. The molecule has 1 aromatic carbocycles. The van der Waals surface area contributed by atoms with Gasteiger partial charge < -0.3 is 10.4 Å². The molecule has 0 bridgehead atoms. The molecular weight excluding hydrogens is 264 g/mol. The Hall–Kier alpha value is -2.40. The molecule has 0 aliphatic rings. The minimum absolute atomic E-state index is 0.0293. The summed E-state index contributed by atoms with van der Waals surface area (Å²) >= 11 is 0. The minimum atomic E-state index is 0.0293. The van der Waals surface area contributed by atoms with Gasteiger partial charge in [0, 0.05) is 17.8 Å². The van der Waals surface area contributed by atoms with Crippen molar-refractivity contribution in [2.24, 2.45) is 0 Å². The number of hydrogen-bond donors (Lipinski definition) is 2. The topological polar surface area (TPSA) is 62.5 Å². The molecule has 0 spiro atoms. The molecule has 0 fully saturated rings. The normalized spacial score (nSPS) is 12.7. The van der Waals surface area contributed by atoms with Crippen LogP contribution in [0.3, 0.4) is 0 Å². The van der Waals surface area contributed by atoms with Gasteiger partial charge in [-0.25, -0.2) is 0 Å². The minimum Gasteiger partial charge on any atom is -0.508 e. The lowest BCUT2D eigenvalue weighted by atomic mass is 10.1. The van der Waals surface area contributed by atoms with Crippen LogP contribution in [0.15, 0.2) is 42.6 Å². The fourth-order valence-electron chi connectivity index (χ4n) is 2.39. The Kier molecular flexibility index (Phi) is 3.58. The second-order valence-electron chi connectivity index (χ2n) is 5.21. The average Bonchev–Trinajstić information content (AvgIpc) is 2.88. The predicted octanol–water partition coefficient (Wildman–Crippen LogP) is 2.59. The van der Waals surface area contributed by atoms with Crippen LogP contribution < -0.4 is 5.32 Å². The number of phenols is 1. The number of aromatic nitrogens is 3. The number of benzene rings is 1. The van der Waals surface area contributed by atoms with Crippen molar-refractivity contribution in [1.29, 1.82) is 0 Å². The van der Waals surface area contributed by atoms with E-state index in [1.807, 2.05) is 54.8 Å². The molecule has 5 heteroatoms. The van der Waals surface area contributed by atoms with Gasteiger partial charge in [0.2, 0.25) is 0 Å². The van der Waals surface area contributed by atoms with Crippen molar-refractivity contribution >= 4 is 5.65 Å². The molecule has 2 heterocycles. The number of nitrogens with one attached hydrogen (secondary N) is 1. The second kappa shape index (κ2) is 5.54. The highest BCUT2D eigenvalue weighted by atomic mass is 16.3. The van der Waals surface area contributed by atoms with Gasteiger partial charge in [0.25, 0.3) is 0 Å². The van der Waals surface area contributed by atoms with E-state index in [1.54, 1.807) is 6.07 Å². The van der Waals surface area contributed by atoms with Gasteiger partial charge in [-0.3, -0.25) is 4.40 Å². The third-order valence-corrected chi connectivity index (χ3v) is 3.60. The van der Waals surface area contributed by atoms with E-state index in [2.05, 4.69) is 15.5 Å². The van der Waals surface area contributed by atoms with Gasteiger partial charge in [0.15, 0.2) is 11.5 Å². The quantitative estimate of drug-likeness (QED) is 0.772. The molecule has 3 rings (SSSR count). The summed E-state index contributed by atoms with van der Waals surface area (Å²) in [7, 11) is 0. The standard InChI is InChI=1S/C16H18N4O/c1-11-6-7-13(14(21)9-11)12(2)17-10-16-19-18-15-5-3-4-8-20(15)16/h3-9,12,17,21H,10H2,1-2H3. The highest BCUT2D eigenvalue weighted by Crippen LogP contribution is 2.25. The number of aryl methyl sites for hydroxylation is 1. The fourth-order valence-corrected chi connectivity index (χ4v) is 2.39. The molecule has 1 atom stereocenters. The zero-order chi connectivity index (χ0) is 14.8. The molecule has 3 aromatic rings. The van der Waals surface area contributed by atoms with E-state index in [4.69, 9.17) is 0 Å². The van der Waals surface area contributed by atoms with Crippen LogP contribution >= 0.6 is 0 Å². The van der Waals surface area contributed by atoms with Gasteiger partial charge in [0.05, 0.1) is 6.54 Å². The SMILES string of the molecule is Cc1ccc(C(C)NCc2nnc3ccccn23)c(O)c1. The summed E-state index contributed by atoms with van der Waals surface area (Å²) in [5, 5.41) is 21.7. The molecule has 21 heavy (non-hydrogen) atoms. The number of phenolic OH excluding ortho intramolecular Hbond substituents is 1. The Morgan fingerprint density at radius 2 is 2.10 bits per heavy atom. The Balaban J connectivity index is 1.75. The monoisotopic (exact) mass is 282 g/mol. The van der Waals surface area contributed by atoms with Crippen molar-refractivity contribution in [2.75, 3.05) is 0 Å².